The molecule has 1 heterocycles. The van der Waals surface area contributed by atoms with Gasteiger partial charge in [-0.25, -0.2) is 0 Å². The van der Waals surface area contributed by atoms with Crippen molar-refractivity contribution >= 4 is 11.0 Å². The molecule has 0 fully saturated rings. The summed E-state index contributed by atoms with van der Waals surface area (Å²) in [5.41, 5.74) is 0.856. The lowest BCUT2D eigenvalue weighted by molar-refractivity contribution is 0.314. The summed E-state index contributed by atoms with van der Waals surface area (Å²) in [5.74, 6) is 1.81. The summed E-state index contributed by atoms with van der Waals surface area (Å²) in [4.78, 5) is 0. The van der Waals surface area contributed by atoms with E-state index in [9.17, 15) is 0 Å². The minimum atomic E-state index is 0.261. The van der Waals surface area contributed by atoms with Crippen LogP contribution in [0.15, 0.2) is 28.7 Å². The third-order valence-corrected chi connectivity index (χ3v) is 3.09. The van der Waals surface area contributed by atoms with Crippen molar-refractivity contribution in [3.05, 3.63) is 30.0 Å². The fourth-order valence-corrected chi connectivity index (χ4v) is 2.10. The first-order valence-electron chi connectivity index (χ1n) is 6.62. The Morgan fingerprint density at radius 3 is 2.83 bits per heavy atom. The van der Waals surface area contributed by atoms with Gasteiger partial charge in [-0.3, -0.25) is 0 Å². The number of furan rings is 1. The van der Waals surface area contributed by atoms with Crippen LogP contribution in [0, 0.1) is 0 Å². The van der Waals surface area contributed by atoms with E-state index in [1.165, 1.54) is 0 Å². The van der Waals surface area contributed by atoms with Gasteiger partial charge in [-0.05, 0) is 32.0 Å². The SMILES string of the molecule is CCCOc1cccc2cc(C(CC)NC)oc12. The second kappa shape index (κ2) is 5.91. The van der Waals surface area contributed by atoms with E-state index in [-0.39, 0.29) is 6.04 Å². The minimum Gasteiger partial charge on any atom is -0.490 e. The van der Waals surface area contributed by atoms with E-state index in [1.807, 2.05) is 19.2 Å². The van der Waals surface area contributed by atoms with Crippen molar-refractivity contribution in [1.29, 1.82) is 0 Å². The van der Waals surface area contributed by atoms with Crippen molar-refractivity contribution in [1.82, 2.24) is 5.32 Å². The van der Waals surface area contributed by atoms with Crippen molar-refractivity contribution < 1.29 is 9.15 Å². The zero-order chi connectivity index (χ0) is 13.0. The van der Waals surface area contributed by atoms with Crippen molar-refractivity contribution in [3.63, 3.8) is 0 Å². The predicted octanol–water partition coefficient (Wildman–Crippen LogP) is 3.89. The van der Waals surface area contributed by atoms with Gasteiger partial charge in [0.05, 0.1) is 12.6 Å². The Morgan fingerprint density at radius 1 is 1.33 bits per heavy atom. The van der Waals surface area contributed by atoms with Gasteiger partial charge in [-0.2, -0.15) is 0 Å². The highest BCUT2D eigenvalue weighted by atomic mass is 16.5. The number of nitrogens with one attached hydrogen (secondary N) is 1. The molecule has 98 valence electrons. The molecule has 1 unspecified atom stereocenters. The number of hydrogen-bond donors (Lipinski definition) is 1. The first-order valence-corrected chi connectivity index (χ1v) is 6.62. The Labute approximate surface area is 108 Å². The normalized spacial score (nSPS) is 12.8. The molecule has 0 amide bonds. The monoisotopic (exact) mass is 247 g/mol. The lowest BCUT2D eigenvalue weighted by Crippen LogP contribution is -2.14. The quantitative estimate of drug-likeness (QED) is 0.840. The van der Waals surface area contributed by atoms with Crippen LogP contribution in [0.2, 0.25) is 0 Å². The van der Waals surface area contributed by atoms with E-state index in [0.717, 1.165) is 41.9 Å². The van der Waals surface area contributed by atoms with Crippen LogP contribution in [0.25, 0.3) is 11.0 Å². The summed E-state index contributed by atoms with van der Waals surface area (Å²) in [6.07, 6.45) is 2.00. The third-order valence-electron chi connectivity index (χ3n) is 3.09. The Bertz CT molecular complexity index is 500. The van der Waals surface area contributed by atoms with E-state index >= 15 is 0 Å². The second-order valence-electron chi connectivity index (χ2n) is 4.42. The van der Waals surface area contributed by atoms with Crippen molar-refractivity contribution in [2.24, 2.45) is 0 Å². The van der Waals surface area contributed by atoms with Crippen LogP contribution in [0.5, 0.6) is 5.75 Å². The average molecular weight is 247 g/mol. The number of fused-ring (bicyclic) bond motifs is 1. The molecule has 0 saturated heterocycles. The van der Waals surface area contributed by atoms with Gasteiger partial charge in [-0.15, -0.1) is 0 Å². The summed E-state index contributed by atoms with van der Waals surface area (Å²) in [6, 6.07) is 8.39. The van der Waals surface area contributed by atoms with Gasteiger partial charge in [0.2, 0.25) is 0 Å². The molecule has 3 heteroatoms. The van der Waals surface area contributed by atoms with Crippen LogP contribution in [-0.4, -0.2) is 13.7 Å². The average Bonchev–Trinajstić information content (AvgIpc) is 2.82. The third kappa shape index (κ3) is 2.51. The molecule has 2 aromatic rings. The Balaban J connectivity index is 2.37. The maximum atomic E-state index is 5.95. The number of para-hydroxylation sites is 1. The molecule has 1 aromatic carbocycles. The number of hydrogen-bond acceptors (Lipinski definition) is 3. The summed E-state index contributed by atoms with van der Waals surface area (Å²) in [7, 11) is 1.95. The van der Waals surface area contributed by atoms with E-state index in [0.29, 0.717) is 0 Å². The Morgan fingerprint density at radius 2 is 2.17 bits per heavy atom. The van der Waals surface area contributed by atoms with E-state index in [1.54, 1.807) is 0 Å². The Kier molecular flexibility index (Phi) is 4.26. The van der Waals surface area contributed by atoms with E-state index in [4.69, 9.17) is 9.15 Å². The zero-order valence-electron chi connectivity index (χ0n) is 11.3. The van der Waals surface area contributed by atoms with Crippen molar-refractivity contribution in [2.75, 3.05) is 13.7 Å². The van der Waals surface area contributed by atoms with Crippen LogP contribution < -0.4 is 10.1 Å². The number of benzene rings is 1. The van der Waals surface area contributed by atoms with Crippen molar-refractivity contribution in [2.45, 2.75) is 32.7 Å². The molecule has 0 saturated carbocycles. The predicted molar refractivity (Wildman–Crippen MR) is 74.1 cm³/mol. The minimum absolute atomic E-state index is 0.261. The summed E-state index contributed by atoms with van der Waals surface area (Å²) < 4.78 is 11.7. The van der Waals surface area contributed by atoms with Crippen molar-refractivity contribution in [3.8, 4) is 5.75 Å². The molecule has 1 atom stereocenters. The molecule has 1 N–H and O–H groups in total. The topological polar surface area (TPSA) is 34.4 Å². The smallest absolute Gasteiger partial charge is 0.176 e. The zero-order valence-corrected chi connectivity index (χ0v) is 11.3. The fourth-order valence-electron chi connectivity index (χ4n) is 2.10. The molecule has 1 aromatic heterocycles. The maximum absolute atomic E-state index is 5.95. The molecular formula is C15H21NO2. The summed E-state index contributed by atoms with van der Waals surface area (Å²) in [5, 5.41) is 4.36. The van der Waals surface area contributed by atoms with E-state index < -0.39 is 0 Å². The molecule has 0 aliphatic carbocycles. The van der Waals surface area contributed by atoms with Gasteiger partial charge in [0.15, 0.2) is 11.3 Å². The molecule has 0 spiro atoms. The maximum Gasteiger partial charge on any atom is 0.176 e. The van der Waals surface area contributed by atoms with Crippen LogP contribution >= 0.6 is 0 Å². The highest BCUT2D eigenvalue weighted by Gasteiger charge is 2.14. The van der Waals surface area contributed by atoms with Gasteiger partial charge in [0.25, 0.3) is 0 Å². The molecular weight excluding hydrogens is 226 g/mol. The first-order chi connectivity index (χ1) is 8.80. The van der Waals surface area contributed by atoms with Gasteiger partial charge in [0.1, 0.15) is 5.76 Å². The summed E-state index contributed by atoms with van der Waals surface area (Å²) in [6.45, 7) is 4.96. The van der Waals surface area contributed by atoms with Gasteiger partial charge >= 0.3 is 0 Å². The molecule has 0 radical (unpaired) electrons. The molecule has 0 aliphatic heterocycles. The van der Waals surface area contributed by atoms with Crippen LogP contribution in [0.1, 0.15) is 38.5 Å². The van der Waals surface area contributed by atoms with Crippen LogP contribution in [-0.2, 0) is 0 Å². The molecule has 2 rings (SSSR count). The second-order valence-corrected chi connectivity index (χ2v) is 4.42. The van der Waals surface area contributed by atoms with Crippen LogP contribution in [0.4, 0.5) is 0 Å². The highest BCUT2D eigenvalue weighted by molar-refractivity contribution is 5.83. The summed E-state index contributed by atoms with van der Waals surface area (Å²) >= 11 is 0. The van der Waals surface area contributed by atoms with E-state index in [2.05, 4.69) is 31.3 Å². The van der Waals surface area contributed by atoms with Gasteiger partial charge in [-0.1, -0.05) is 26.0 Å². The Hall–Kier alpha value is -1.48. The highest BCUT2D eigenvalue weighted by Crippen LogP contribution is 2.31. The molecule has 18 heavy (non-hydrogen) atoms. The molecule has 0 bridgehead atoms. The van der Waals surface area contributed by atoms with Gasteiger partial charge in [0, 0.05) is 5.39 Å². The van der Waals surface area contributed by atoms with Gasteiger partial charge < -0.3 is 14.5 Å². The number of ether oxygens (including phenoxy) is 1. The first kappa shape index (κ1) is 13.0. The molecule has 3 nitrogen and oxygen atoms in total. The lowest BCUT2D eigenvalue weighted by atomic mass is 10.1. The standard InChI is InChI=1S/C15H21NO2/c1-4-9-17-13-8-6-7-11-10-14(18-15(11)13)12(5-2)16-3/h6-8,10,12,16H,4-5,9H2,1-3H3. The number of rotatable bonds is 6. The fraction of sp³-hybridized carbons (Fsp3) is 0.467. The largest absolute Gasteiger partial charge is 0.490 e. The lowest BCUT2D eigenvalue weighted by Gasteiger charge is -2.09. The molecule has 0 aliphatic rings. The van der Waals surface area contributed by atoms with Crippen LogP contribution in [0.3, 0.4) is 0 Å².